The number of ether oxygens (including phenoxy) is 3. The molecule has 0 radical (unpaired) electrons. The number of rotatable bonds is 4. The molecule has 0 atom stereocenters. The van der Waals surface area contributed by atoms with E-state index in [2.05, 4.69) is 0 Å². The highest BCUT2D eigenvalue weighted by molar-refractivity contribution is 7.10. The minimum atomic E-state index is -0.367. The van der Waals surface area contributed by atoms with Crippen LogP contribution in [0.4, 0.5) is 0 Å². The van der Waals surface area contributed by atoms with Gasteiger partial charge in [-0.25, -0.2) is 4.79 Å². The molecule has 5 heteroatoms. The molecule has 0 bridgehead atoms. The predicted molar refractivity (Wildman–Crippen MR) is 85.9 cm³/mol. The van der Waals surface area contributed by atoms with E-state index in [1.165, 1.54) is 0 Å². The highest BCUT2D eigenvalue weighted by atomic mass is 32.1. The molecule has 0 saturated carbocycles. The second-order valence-electron chi connectivity index (χ2n) is 4.58. The average Bonchev–Trinajstić information content (AvgIpc) is 3.17. The molecule has 0 saturated heterocycles. The van der Waals surface area contributed by atoms with Crippen molar-refractivity contribution in [3.8, 4) is 11.5 Å². The molecule has 3 rings (SSSR count). The number of methoxy groups -OCH3 is 2. The van der Waals surface area contributed by atoms with Gasteiger partial charge in [0.2, 0.25) is 0 Å². The summed E-state index contributed by atoms with van der Waals surface area (Å²) in [7, 11) is 3.16. The van der Waals surface area contributed by atoms with Crippen molar-refractivity contribution in [2.24, 2.45) is 0 Å². The summed E-state index contributed by atoms with van der Waals surface area (Å²) in [5, 5.41) is 1.96. The van der Waals surface area contributed by atoms with Crippen LogP contribution in [0.25, 0.3) is 11.8 Å². The standard InChI is InChI=1S/C17H14O4S/c1-19-12-5-6-15(20-2)14(10-12)16-9-11(17(18)21-16)8-13-4-3-7-22-13/h3-10H,1-2H3/b11-8+. The Bertz CT molecular complexity index is 757. The summed E-state index contributed by atoms with van der Waals surface area (Å²) < 4.78 is 15.9. The van der Waals surface area contributed by atoms with Gasteiger partial charge in [0, 0.05) is 4.88 Å². The molecule has 0 aliphatic carbocycles. The van der Waals surface area contributed by atoms with Gasteiger partial charge in [0.25, 0.3) is 0 Å². The number of hydrogen-bond donors (Lipinski definition) is 0. The molecule has 0 unspecified atom stereocenters. The van der Waals surface area contributed by atoms with Crippen molar-refractivity contribution in [1.29, 1.82) is 0 Å². The number of cyclic esters (lactones) is 1. The van der Waals surface area contributed by atoms with Crippen molar-refractivity contribution in [2.45, 2.75) is 0 Å². The second kappa shape index (κ2) is 6.07. The predicted octanol–water partition coefficient (Wildman–Crippen LogP) is 3.75. The first-order chi connectivity index (χ1) is 10.7. The number of thiophene rings is 1. The highest BCUT2D eigenvalue weighted by Crippen LogP contribution is 2.35. The Kier molecular flexibility index (Phi) is 3.98. The fourth-order valence-electron chi connectivity index (χ4n) is 2.16. The van der Waals surface area contributed by atoms with Gasteiger partial charge in [-0.1, -0.05) is 6.07 Å². The molecule has 2 aromatic rings. The molecule has 0 fully saturated rings. The summed E-state index contributed by atoms with van der Waals surface area (Å²) >= 11 is 1.56. The van der Waals surface area contributed by atoms with Crippen molar-refractivity contribution in [3.05, 3.63) is 57.8 Å². The number of carbonyl (C=O) groups is 1. The Morgan fingerprint density at radius 3 is 2.73 bits per heavy atom. The zero-order valence-electron chi connectivity index (χ0n) is 12.2. The van der Waals surface area contributed by atoms with Gasteiger partial charge in [-0.2, -0.15) is 0 Å². The van der Waals surface area contributed by atoms with Crippen LogP contribution < -0.4 is 9.47 Å². The molecule has 1 aliphatic rings. The van der Waals surface area contributed by atoms with Crippen LogP contribution in [0.5, 0.6) is 11.5 Å². The maximum absolute atomic E-state index is 12.0. The minimum absolute atomic E-state index is 0.367. The third-order valence-electron chi connectivity index (χ3n) is 3.24. The van der Waals surface area contributed by atoms with E-state index in [1.807, 2.05) is 23.6 Å². The number of carbonyl (C=O) groups excluding carboxylic acids is 1. The van der Waals surface area contributed by atoms with Crippen LogP contribution in [-0.2, 0) is 9.53 Å². The molecule has 1 aromatic carbocycles. The fourth-order valence-corrected chi connectivity index (χ4v) is 2.82. The van der Waals surface area contributed by atoms with Gasteiger partial charge >= 0.3 is 5.97 Å². The normalized spacial score (nSPS) is 15.6. The van der Waals surface area contributed by atoms with Crippen LogP contribution in [0, 0.1) is 0 Å². The summed E-state index contributed by atoms with van der Waals surface area (Å²) in [6, 6.07) is 9.24. The monoisotopic (exact) mass is 314 g/mol. The first-order valence-corrected chi connectivity index (χ1v) is 7.50. The topological polar surface area (TPSA) is 44.8 Å². The fraction of sp³-hybridized carbons (Fsp3) is 0.118. The quantitative estimate of drug-likeness (QED) is 0.637. The van der Waals surface area contributed by atoms with Gasteiger partial charge < -0.3 is 14.2 Å². The Balaban J connectivity index is 2.01. The Hall–Kier alpha value is -2.53. The summed E-state index contributed by atoms with van der Waals surface area (Å²) in [6.45, 7) is 0. The second-order valence-corrected chi connectivity index (χ2v) is 5.56. The SMILES string of the molecule is COc1ccc(OC)c(C2=C/C(=C\c3cccs3)C(=O)O2)c1. The molecular formula is C17H14O4S. The molecule has 112 valence electrons. The lowest BCUT2D eigenvalue weighted by molar-refractivity contribution is -0.130. The molecule has 1 aliphatic heterocycles. The van der Waals surface area contributed by atoms with Crippen LogP contribution in [-0.4, -0.2) is 20.2 Å². The molecule has 0 amide bonds. The molecule has 4 nitrogen and oxygen atoms in total. The van der Waals surface area contributed by atoms with Crippen molar-refractivity contribution in [3.63, 3.8) is 0 Å². The van der Waals surface area contributed by atoms with Crippen LogP contribution in [0.1, 0.15) is 10.4 Å². The third-order valence-corrected chi connectivity index (χ3v) is 4.06. The Morgan fingerprint density at radius 1 is 1.18 bits per heavy atom. The van der Waals surface area contributed by atoms with E-state index in [0.29, 0.717) is 28.4 Å². The van der Waals surface area contributed by atoms with Crippen LogP contribution >= 0.6 is 11.3 Å². The molecular weight excluding hydrogens is 300 g/mol. The van der Waals surface area contributed by atoms with Gasteiger partial charge in [-0.3, -0.25) is 0 Å². The first kappa shape index (κ1) is 14.4. The lowest BCUT2D eigenvalue weighted by Crippen LogP contribution is -1.98. The Labute approximate surface area is 132 Å². The summed E-state index contributed by atoms with van der Waals surface area (Å²) in [6.07, 6.45) is 3.53. The molecule has 2 heterocycles. The van der Waals surface area contributed by atoms with E-state index in [1.54, 1.807) is 49.8 Å². The molecule has 1 aromatic heterocycles. The lowest BCUT2D eigenvalue weighted by Gasteiger charge is -2.10. The van der Waals surface area contributed by atoms with E-state index in [4.69, 9.17) is 14.2 Å². The van der Waals surface area contributed by atoms with E-state index >= 15 is 0 Å². The van der Waals surface area contributed by atoms with Crippen LogP contribution in [0.3, 0.4) is 0 Å². The highest BCUT2D eigenvalue weighted by Gasteiger charge is 2.24. The van der Waals surface area contributed by atoms with Crippen LogP contribution in [0.15, 0.2) is 47.4 Å². The van der Waals surface area contributed by atoms with Crippen molar-refractivity contribution in [1.82, 2.24) is 0 Å². The van der Waals surface area contributed by atoms with Crippen molar-refractivity contribution in [2.75, 3.05) is 14.2 Å². The zero-order valence-corrected chi connectivity index (χ0v) is 13.0. The smallest absolute Gasteiger partial charge is 0.343 e. The summed E-state index contributed by atoms with van der Waals surface area (Å²) in [5.41, 5.74) is 1.20. The number of benzene rings is 1. The van der Waals surface area contributed by atoms with E-state index in [0.717, 1.165) is 4.88 Å². The zero-order chi connectivity index (χ0) is 15.5. The lowest BCUT2D eigenvalue weighted by atomic mass is 10.1. The molecule has 22 heavy (non-hydrogen) atoms. The number of esters is 1. The Morgan fingerprint density at radius 2 is 2.05 bits per heavy atom. The number of hydrogen-bond acceptors (Lipinski definition) is 5. The largest absolute Gasteiger partial charge is 0.497 e. The van der Waals surface area contributed by atoms with Crippen molar-refractivity contribution < 1.29 is 19.0 Å². The van der Waals surface area contributed by atoms with Crippen LogP contribution in [0.2, 0.25) is 0 Å². The van der Waals surface area contributed by atoms with E-state index in [9.17, 15) is 4.79 Å². The van der Waals surface area contributed by atoms with Gasteiger partial charge in [0.05, 0.1) is 25.4 Å². The maximum atomic E-state index is 12.0. The first-order valence-electron chi connectivity index (χ1n) is 6.63. The van der Waals surface area contributed by atoms with Crippen molar-refractivity contribution >= 4 is 29.1 Å². The maximum Gasteiger partial charge on any atom is 0.343 e. The average molecular weight is 314 g/mol. The van der Waals surface area contributed by atoms with Gasteiger partial charge in [-0.05, 0) is 41.8 Å². The van der Waals surface area contributed by atoms with Gasteiger partial charge in [-0.15, -0.1) is 11.3 Å². The molecule has 0 N–H and O–H groups in total. The third kappa shape index (κ3) is 2.76. The minimum Gasteiger partial charge on any atom is -0.497 e. The molecule has 0 spiro atoms. The van der Waals surface area contributed by atoms with Gasteiger partial charge in [0.15, 0.2) is 0 Å². The summed E-state index contributed by atoms with van der Waals surface area (Å²) in [5.74, 6) is 1.39. The van der Waals surface area contributed by atoms with E-state index < -0.39 is 0 Å². The van der Waals surface area contributed by atoms with E-state index in [-0.39, 0.29) is 5.97 Å². The van der Waals surface area contributed by atoms with Gasteiger partial charge in [0.1, 0.15) is 17.3 Å². The summed E-state index contributed by atoms with van der Waals surface area (Å²) in [4.78, 5) is 13.0.